The molecule has 0 atom stereocenters. The summed E-state index contributed by atoms with van der Waals surface area (Å²) in [5, 5.41) is 25.4. The van der Waals surface area contributed by atoms with E-state index in [2.05, 4.69) is 10.3 Å². The summed E-state index contributed by atoms with van der Waals surface area (Å²) in [4.78, 5) is 14.7. The SMILES string of the molecule is O=[N+]([O-])c1ccc(NCC2(O)CCCC2)c2cccnc12. The number of nitro benzene ring substituents is 1. The number of benzene rings is 1. The van der Waals surface area contributed by atoms with Gasteiger partial charge in [-0.15, -0.1) is 0 Å². The Kier molecular flexibility index (Phi) is 3.47. The Morgan fingerprint density at radius 2 is 2.10 bits per heavy atom. The molecular weight excluding hydrogens is 270 g/mol. The van der Waals surface area contributed by atoms with E-state index in [0.29, 0.717) is 17.4 Å². The maximum atomic E-state index is 11.0. The molecule has 6 heteroatoms. The fourth-order valence-corrected chi connectivity index (χ4v) is 2.93. The van der Waals surface area contributed by atoms with Crippen LogP contribution in [0.3, 0.4) is 0 Å². The highest BCUT2D eigenvalue weighted by Crippen LogP contribution is 2.32. The van der Waals surface area contributed by atoms with Crippen molar-refractivity contribution < 1.29 is 10.0 Å². The number of aliphatic hydroxyl groups is 1. The van der Waals surface area contributed by atoms with E-state index < -0.39 is 10.5 Å². The summed E-state index contributed by atoms with van der Waals surface area (Å²) < 4.78 is 0. The molecule has 21 heavy (non-hydrogen) atoms. The molecule has 1 fully saturated rings. The number of hydrogen-bond acceptors (Lipinski definition) is 5. The maximum Gasteiger partial charge on any atom is 0.295 e. The van der Waals surface area contributed by atoms with Gasteiger partial charge in [0.1, 0.15) is 5.52 Å². The molecule has 0 aliphatic heterocycles. The summed E-state index contributed by atoms with van der Waals surface area (Å²) >= 11 is 0. The Morgan fingerprint density at radius 3 is 2.81 bits per heavy atom. The van der Waals surface area contributed by atoms with Gasteiger partial charge < -0.3 is 10.4 Å². The molecule has 1 aromatic heterocycles. The van der Waals surface area contributed by atoms with Crippen molar-refractivity contribution >= 4 is 22.3 Å². The zero-order valence-electron chi connectivity index (χ0n) is 11.6. The lowest BCUT2D eigenvalue weighted by atomic mass is 10.0. The number of aromatic nitrogens is 1. The summed E-state index contributed by atoms with van der Waals surface area (Å²) in [6.45, 7) is 0.453. The third-order valence-electron chi connectivity index (χ3n) is 4.09. The lowest BCUT2D eigenvalue weighted by molar-refractivity contribution is -0.383. The zero-order valence-corrected chi connectivity index (χ0v) is 11.6. The van der Waals surface area contributed by atoms with E-state index in [-0.39, 0.29) is 5.69 Å². The second kappa shape index (κ2) is 5.29. The van der Waals surface area contributed by atoms with E-state index in [1.165, 1.54) is 6.07 Å². The highest BCUT2D eigenvalue weighted by atomic mass is 16.6. The van der Waals surface area contributed by atoms with Crippen LogP contribution in [0.2, 0.25) is 0 Å². The van der Waals surface area contributed by atoms with Crippen LogP contribution in [-0.2, 0) is 0 Å². The summed E-state index contributed by atoms with van der Waals surface area (Å²) in [5.41, 5.74) is 0.460. The van der Waals surface area contributed by atoms with Crippen molar-refractivity contribution in [1.29, 1.82) is 0 Å². The number of fused-ring (bicyclic) bond motifs is 1. The first-order valence-electron chi connectivity index (χ1n) is 7.07. The minimum Gasteiger partial charge on any atom is -0.388 e. The van der Waals surface area contributed by atoms with Gasteiger partial charge in [0.2, 0.25) is 0 Å². The van der Waals surface area contributed by atoms with Gasteiger partial charge in [0, 0.05) is 29.9 Å². The molecular formula is C15H17N3O3. The van der Waals surface area contributed by atoms with Crippen molar-refractivity contribution in [3.8, 4) is 0 Å². The Labute approximate surface area is 122 Å². The van der Waals surface area contributed by atoms with Crippen molar-refractivity contribution in [3.63, 3.8) is 0 Å². The van der Waals surface area contributed by atoms with E-state index in [1.54, 1.807) is 24.4 Å². The van der Waals surface area contributed by atoms with Crippen LogP contribution in [0.15, 0.2) is 30.5 Å². The topological polar surface area (TPSA) is 88.3 Å². The summed E-state index contributed by atoms with van der Waals surface area (Å²) in [5.74, 6) is 0. The molecule has 1 aliphatic carbocycles. The van der Waals surface area contributed by atoms with Crippen molar-refractivity contribution in [1.82, 2.24) is 4.98 Å². The van der Waals surface area contributed by atoms with Gasteiger partial charge in [-0.3, -0.25) is 10.1 Å². The number of anilines is 1. The van der Waals surface area contributed by atoms with E-state index in [1.807, 2.05) is 0 Å². The smallest absolute Gasteiger partial charge is 0.295 e. The van der Waals surface area contributed by atoms with Gasteiger partial charge in [0.15, 0.2) is 0 Å². The van der Waals surface area contributed by atoms with Gasteiger partial charge in [0.25, 0.3) is 5.69 Å². The average molecular weight is 287 g/mol. The van der Waals surface area contributed by atoms with E-state index in [4.69, 9.17) is 0 Å². The van der Waals surface area contributed by atoms with Gasteiger partial charge in [-0.05, 0) is 31.0 Å². The highest BCUT2D eigenvalue weighted by Gasteiger charge is 2.30. The molecule has 2 N–H and O–H groups in total. The molecule has 6 nitrogen and oxygen atoms in total. The second-order valence-corrected chi connectivity index (χ2v) is 5.57. The summed E-state index contributed by atoms with van der Waals surface area (Å²) in [6.07, 6.45) is 5.22. The van der Waals surface area contributed by atoms with Crippen molar-refractivity contribution in [2.45, 2.75) is 31.3 Å². The second-order valence-electron chi connectivity index (χ2n) is 5.57. The Bertz CT molecular complexity index is 681. The average Bonchev–Trinajstić information content (AvgIpc) is 2.91. The Morgan fingerprint density at radius 1 is 1.33 bits per heavy atom. The molecule has 2 aromatic rings. The minimum absolute atomic E-state index is 0.00396. The number of non-ortho nitro benzene ring substituents is 1. The molecule has 110 valence electrons. The Hall–Kier alpha value is -2.21. The number of pyridine rings is 1. The van der Waals surface area contributed by atoms with Crippen molar-refractivity contribution in [2.75, 3.05) is 11.9 Å². The molecule has 0 bridgehead atoms. The fourth-order valence-electron chi connectivity index (χ4n) is 2.93. The number of nitrogens with zero attached hydrogens (tertiary/aromatic N) is 2. The number of nitro groups is 1. The predicted octanol–water partition coefficient (Wildman–Crippen LogP) is 2.86. The highest BCUT2D eigenvalue weighted by molar-refractivity contribution is 5.96. The zero-order chi connectivity index (χ0) is 14.9. The summed E-state index contributed by atoms with van der Waals surface area (Å²) in [6, 6.07) is 6.69. The van der Waals surface area contributed by atoms with E-state index in [9.17, 15) is 15.2 Å². The van der Waals surface area contributed by atoms with Crippen LogP contribution in [0.5, 0.6) is 0 Å². The molecule has 1 aromatic carbocycles. The van der Waals surface area contributed by atoms with Crippen LogP contribution in [0.4, 0.5) is 11.4 Å². The summed E-state index contributed by atoms with van der Waals surface area (Å²) in [7, 11) is 0. The van der Waals surface area contributed by atoms with Crippen LogP contribution in [0.25, 0.3) is 10.9 Å². The maximum absolute atomic E-state index is 11.0. The minimum atomic E-state index is -0.670. The largest absolute Gasteiger partial charge is 0.388 e. The molecule has 3 rings (SSSR count). The fraction of sp³-hybridized carbons (Fsp3) is 0.400. The lowest BCUT2D eigenvalue weighted by Gasteiger charge is -2.23. The van der Waals surface area contributed by atoms with Gasteiger partial charge in [-0.2, -0.15) is 0 Å². The monoisotopic (exact) mass is 287 g/mol. The number of nitrogens with one attached hydrogen (secondary N) is 1. The van der Waals surface area contributed by atoms with Gasteiger partial charge in [-0.1, -0.05) is 12.8 Å². The van der Waals surface area contributed by atoms with Gasteiger partial charge >= 0.3 is 0 Å². The molecule has 0 unspecified atom stereocenters. The van der Waals surface area contributed by atoms with Crippen LogP contribution < -0.4 is 5.32 Å². The normalized spacial score (nSPS) is 17.0. The molecule has 0 spiro atoms. The third kappa shape index (κ3) is 2.67. The number of rotatable bonds is 4. The molecule has 1 saturated carbocycles. The first-order chi connectivity index (χ1) is 10.1. The first kappa shape index (κ1) is 13.8. The standard InChI is InChI=1S/C15H17N3O3/c19-15(7-1-2-8-15)10-17-12-5-6-13(18(20)21)14-11(12)4-3-9-16-14/h3-6,9,17,19H,1-2,7-8,10H2. The molecule has 1 heterocycles. The van der Waals surface area contributed by atoms with E-state index >= 15 is 0 Å². The molecule has 1 aliphatic rings. The molecule has 0 amide bonds. The Balaban J connectivity index is 1.92. The van der Waals surface area contributed by atoms with Gasteiger partial charge in [-0.25, -0.2) is 4.98 Å². The van der Waals surface area contributed by atoms with Crippen LogP contribution in [-0.4, -0.2) is 27.2 Å². The van der Waals surface area contributed by atoms with Crippen LogP contribution in [0.1, 0.15) is 25.7 Å². The first-order valence-corrected chi connectivity index (χ1v) is 7.07. The lowest BCUT2D eigenvalue weighted by Crippen LogP contribution is -2.33. The van der Waals surface area contributed by atoms with Crippen LogP contribution in [0, 0.1) is 10.1 Å². The van der Waals surface area contributed by atoms with Crippen LogP contribution >= 0.6 is 0 Å². The quantitative estimate of drug-likeness (QED) is 0.666. The van der Waals surface area contributed by atoms with Gasteiger partial charge in [0.05, 0.1) is 10.5 Å². The van der Waals surface area contributed by atoms with Crippen molar-refractivity contribution in [2.24, 2.45) is 0 Å². The predicted molar refractivity (Wildman–Crippen MR) is 80.3 cm³/mol. The third-order valence-corrected chi connectivity index (χ3v) is 4.09. The van der Waals surface area contributed by atoms with E-state index in [0.717, 1.165) is 31.4 Å². The molecule has 0 radical (unpaired) electrons. The van der Waals surface area contributed by atoms with Crippen molar-refractivity contribution in [3.05, 3.63) is 40.6 Å². The molecule has 0 saturated heterocycles. The number of hydrogen-bond donors (Lipinski definition) is 2.